The number of anilines is 1. The molecule has 0 radical (unpaired) electrons. The lowest BCUT2D eigenvalue weighted by atomic mass is 10.2. The number of carbonyl (C=O) groups is 1. The molecular weight excluding hydrogens is 182 g/mol. The number of aromatic nitrogens is 1. The topological polar surface area (TPSA) is 81.2 Å². The second-order valence-corrected chi connectivity index (χ2v) is 2.83. The summed E-state index contributed by atoms with van der Waals surface area (Å²) in [4.78, 5) is 11.3. The van der Waals surface area contributed by atoms with E-state index in [2.05, 4.69) is 16.4 Å². The predicted molar refractivity (Wildman–Crippen MR) is 51.3 cm³/mol. The van der Waals surface area contributed by atoms with Gasteiger partial charge in [-0.05, 0) is 6.92 Å². The molecule has 3 N–H and O–H groups in total. The van der Waals surface area contributed by atoms with Crippen molar-refractivity contribution in [2.75, 3.05) is 5.32 Å². The van der Waals surface area contributed by atoms with Crippen LogP contribution in [0.1, 0.15) is 12.2 Å². The highest BCUT2D eigenvalue weighted by atomic mass is 16.5. The van der Waals surface area contributed by atoms with Crippen molar-refractivity contribution in [1.29, 1.82) is 0 Å². The molecule has 74 valence electrons. The zero-order valence-electron chi connectivity index (χ0n) is 7.78. The van der Waals surface area contributed by atoms with E-state index in [0.717, 1.165) is 0 Å². The van der Waals surface area contributed by atoms with Gasteiger partial charge in [-0.1, -0.05) is 5.16 Å². The van der Waals surface area contributed by atoms with Gasteiger partial charge in [0.1, 0.15) is 5.76 Å². The standard InChI is InChI=1S/C9H11N3O2/c1-3-4-7(10)9(13)11-8-5-6(2)14-12-8/h1,5,7H,4,10H2,2H3,(H,11,12,13). The average molecular weight is 193 g/mol. The zero-order chi connectivity index (χ0) is 10.6. The summed E-state index contributed by atoms with van der Waals surface area (Å²) in [7, 11) is 0. The molecule has 0 aliphatic heterocycles. The summed E-state index contributed by atoms with van der Waals surface area (Å²) in [6.45, 7) is 1.73. The molecule has 0 bridgehead atoms. The summed E-state index contributed by atoms with van der Waals surface area (Å²) in [5.74, 6) is 2.91. The zero-order valence-corrected chi connectivity index (χ0v) is 7.78. The van der Waals surface area contributed by atoms with Gasteiger partial charge in [-0.25, -0.2) is 0 Å². The molecule has 0 saturated carbocycles. The summed E-state index contributed by atoms with van der Waals surface area (Å²) < 4.78 is 4.76. The van der Waals surface area contributed by atoms with E-state index in [4.69, 9.17) is 16.7 Å². The Morgan fingerprint density at radius 3 is 3.14 bits per heavy atom. The lowest BCUT2D eigenvalue weighted by Crippen LogP contribution is -2.35. The Balaban J connectivity index is 2.53. The number of nitrogens with two attached hydrogens (primary N) is 1. The van der Waals surface area contributed by atoms with Gasteiger partial charge < -0.3 is 15.6 Å². The molecule has 1 aromatic heterocycles. The molecule has 0 spiro atoms. The van der Waals surface area contributed by atoms with E-state index in [-0.39, 0.29) is 12.3 Å². The van der Waals surface area contributed by atoms with Gasteiger partial charge >= 0.3 is 0 Å². The fourth-order valence-corrected chi connectivity index (χ4v) is 0.864. The minimum Gasteiger partial charge on any atom is -0.360 e. The van der Waals surface area contributed by atoms with E-state index >= 15 is 0 Å². The molecule has 1 amide bonds. The van der Waals surface area contributed by atoms with Gasteiger partial charge in [-0.2, -0.15) is 0 Å². The first-order valence-electron chi connectivity index (χ1n) is 4.06. The van der Waals surface area contributed by atoms with Crippen molar-refractivity contribution < 1.29 is 9.32 Å². The fraction of sp³-hybridized carbons (Fsp3) is 0.333. The van der Waals surface area contributed by atoms with Crippen molar-refractivity contribution >= 4 is 11.7 Å². The van der Waals surface area contributed by atoms with Crippen molar-refractivity contribution in [3.8, 4) is 12.3 Å². The molecule has 0 aromatic carbocycles. The number of amides is 1. The molecular formula is C9H11N3O2. The van der Waals surface area contributed by atoms with Crippen molar-refractivity contribution in [2.45, 2.75) is 19.4 Å². The van der Waals surface area contributed by atoms with Gasteiger partial charge in [-0.3, -0.25) is 4.79 Å². The normalized spacial score (nSPS) is 11.8. The first-order chi connectivity index (χ1) is 6.63. The Bertz CT molecular complexity index is 364. The third-order valence-electron chi connectivity index (χ3n) is 1.55. The number of hydrogen-bond donors (Lipinski definition) is 2. The summed E-state index contributed by atoms with van der Waals surface area (Å²) in [5, 5.41) is 6.07. The molecule has 5 heteroatoms. The van der Waals surface area contributed by atoms with Crippen molar-refractivity contribution in [2.24, 2.45) is 5.73 Å². The maximum atomic E-state index is 11.3. The minimum atomic E-state index is -0.711. The number of terminal acetylenes is 1. The minimum absolute atomic E-state index is 0.197. The van der Waals surface area contributed by atoms with Crippen LogP contribution in [0.15, 0.2) is 10.6 Å². The summed E-state index contributed by atoms with van der Waals surface area (Å²) in [6, 6.07) is 0.887. The lowest BCUT2D eigenvalue weighted by molar-refractivity contribution is -0.117. The molecule has 1 rings (SSSR count). The van der Waals surface area contributed by atoms with Crippen LogP contribution < -0.4 is 11.1 Å². The Morgan fingerprint density at radius 1 is 1.93 bits per heavy atom. The molecule has 1 heterocycles. The van der Waals surface area contributed by atoms with Gasteiger partial charge in [0.25, 0.3) is 0 Å². The van der Waals surface area contributed by atoms with Crippen LogP contribution in [0.25, 0.3) is 0 Å². The quantitative estimate of drug-likeness (QED) is 0.675. The number of hydrogen-bond acceptors (Lipinski definition) is 4. The first-order valence-corrected chi connectivity index (χ1v) is 4.06. The van der Waals surface area contributed by atoms with E-state index in [1.807, 2.05) is 0 Å². The Labute approximate surface area is 81.6 Å². The van der Waals surface area contributed by atoms with Gasteiger partial charge in [0.15, 0.2) is 5.82 Å². The van der Waals surface area contributed by atoms with Gasteiger partial charge in [0, 0.05) is 12.5 Å². The number of nitrogens with zero attached hydrogens (tertiary/aromatic N) is 1. The highest BCUT2D eigenvalue weighted by molar-refractivity contribution is 5.93. The van der Waals surface area contributed by atoms with Crippen molar-refractivity contribution in [1.82, 2.24) is 5.16 Å². The Hall–Kier alpha value is -1.80. The number of nitrogens with one attached hydrogen (secondary N) is 1. The van der Waals surface area contributed by atoms with Crippen LogP contribution in [0.3, 0.4) is 0 Å². The van der Waals surface area contributed by atoms with E-state index < -0.39 is 6.04 Å². The van der Waals surface area contributed by atoms with E-state index in [1.54, 1.807) is 13.0 Å². The summed E-state index contributed by atoms with van der Waals surface area (Å²) in [5.41, 5.74) is 5.47. The number of carbonyl (C=O) groups excluding carboxylic acids is 1. The highest BCUT2D eigenvalue weighted by Gasteiger charge is 2.13. The predicted octanol–water partition coefficient (Wildman–Crippen LogP) is 0.272. The first kappa shape index (κ1) is 10.3. The van der Waals surface area contributed by atoms with Gasteiger partial charge in [0.05, 0.1) is 6.04 Å². The molecule has 0 saturated heterocycles. The lowest BCUT2D eigenvalue weighted by Gasteiger charge is -2.05. The van der Waals surface area contributed by atoms with Gasteiger partial charge in [-0.15, -0.1) is 12.3 Å². The fourth-order valence-electron chi connectivity index (χ4n) is 0.864. The van der Waals surface area contributed by atoms with Crippen LogP contribution in [0.5, 0.6) is 0 Å². The van der Waals surface area contributed by atoms with Crippen molar-refractivity contribution in [3.05, 3.63) is 11.8 Å². The maximum absolute atomic E-state index is 11.3. The molecule has 5 nitrogen and oxygen atoms in total. The van der Waals surface area contributed by atoms with Crippen LogP contribution in [0.2, 0.25) is 0 Å². The van der Waals surface area contributed by atoms with Crippen LogP contribution in [0, 0.1) is 19.3 Å². The van der Waals surface area contributed by atoms with E-state index in [9.17, 15) is 4.79 Å². The second kappa shape index (κ2) is 4.44. The van der Waals surface area contributed by atoms with Crippen LogP contribution >= 0.6 is 0 Å². The Kier molecular flexibility index (Phi) is 3.26. The highest BCUT2D eigenvalue weighted by Crippen LogP contribution is 2.07. The summed E-state index contributed by atoms with van der Waals surface area (Å²) in [6.07, 6.45) is 5.22. The van der Waals surface area contributed by atoms with Crippen molar-refractivity contribution in [3.63, 3.8) is 0 Å². The maximum Gasteiger partial charge on any atom is 0.243 e. The average Bonchev–Trinajstić information content (AvgIpc) is 2.51. The summed E-state index contributed by atoms with van der Waals surface area (Å²) >= 11 is 0. The molecule has 0 aliphatic rings. The monoisotopic (exact) mass is 193 g/mol. The molecule has 0 aliphatic carbocycles. The van der Waals surface area contributed by atoms with Crippen LogP contribution in [-0.4, -0.2) is 17.1 Å². The SMILES string of the molecule is C#CCC(N)C(=O)Nc1cc(C)on1. The van der Waals surface area contributed by atoms with Crippen LogP contribution in [0.4, 0.5) is 5.82 Å². The van der Waals surface area contributed by atoms with E-state index in [1.165, 1.54) is 0 Å². The molecule has 0 fully saturated rings. The number of aryl methyl sites for hydroxylation is 1. The second-order valence-electron chi connectivity index (χ2n) is 2.83. The number of rotatable bonds is 3. The third kappa shape index (κ3) is 2.61. The smallest absolute Gasteiger partial charge is 0.243 e. The van der Waals surface area contributed by atoms with Gasteiger partial charge in [0.2, 0.25) is 5.91 Å². The van der Waals surface area contributed by atoms with E-state index in [0.29, 0.717) is 11.6 Å². The Morgan fingerprint density at radius 2 is 2.64 bits per heavy atom. The molecule has 14 heavy (non-hydrogen) atoms. The largest absolute Gasteiger partial charge is 0.360 e. The molecule has 1 aromatic rings. The van der Waals surface area contributed by atoms with Crippen LogP contribution in [-0.2, 0) is 4.79 Å². The molecule has 1 unspecified atom stereocenters. The third-order valence-corrected chi connectivity index (χ3v) is 1.55. The molecule has 1 atom stereocenters.